The van der Waals surface area contributed by atoms with E-state index in [9.17, 15) is 19.7 Å². The Kier molecular flexibility index (Phi) is 5.43. The second-order valence-corrected chi connectivity index (χ2v) is 6.31. The molecule has 0 fully saturated rings. The molecule has 0 aromatic carbocycles. The van der Waals surface area contributed by atoms with Crippen LogP contribution in [0.15, 0.2) is 29.0 Å². The minimum Gasteiger partial charge on any atom is -0.467 e. The first-order chi connectivity index (χ1) is 13.8. The van der Waals surface area contributed by atoms with Crippen molar-refractivity contribution in [2.45, 2.75) is 26.9 Å². The van der Waals surface area contributed by atoms with E-state index in [1.807, 2.05) is 0 Å². The third kappa shape index (κ3) is 4.31. The van der Waals surface area contributed by atoms with E-state index in [1.165, 1.54) is 35.7 Å². The van der Waals surface area contributed by atoms with Crippen molar-refractivity contribution in [1.29, 1.82) is 0 Å². The number of furan rings is 1. The third-order valence-electron chi connectivity index (χ3n) is 4.14. The molecule has 2 N–H and O–H groups in total. The summed E-state index contributed by atoms with van der Waals surface area (Å²) in [6.45, 7) is 2.94. The summed E-state index contributed by atoms with van der Waals surface area (Å²) in [7, 11) is 1.61. The number of anilines is 1. The molecule has 3 aromatic heterocycles. The van der Waals surface area contributed by atoms with Crippen LogP contribution in [-0.2, 0) is 24.9 Å². The largest absolute Gasteiger partial charge is 0.467 e. The summed E-state index contributed by atoms with van der Waals surface area (Å²) in [5, 5.41) is 24.5. The van der Waals surface area contributed by atoms with Crippen LogP contribution in [0, 0.1) is 24.0 Å². The smallest absolute Gasteiger partial charge is 0.312 e. The first kappa shape index (κ1) is 19.8. The molecule has 3 rings (SSSR count). The van der Waals surface area contributed by atoms with Gasteiger partial charge in [0.1, 0.15) is 23.7 Å². The molecule has 0 aliphatic carbocycles. The molecule has 0 bridgehead atoms. The number of hydrogen-bond donors (Lipinski definition) is 2. The number of nitrogens with zero attached hydrogens (tertiary/aromatic N) is 5. The SMILES string of the molecule is Cc1nn(CC(=O)Nc2cn(C)nc2C(=O)NCc2ccco2)c(C)c1[N+](=O)[O-]. The molecule has 12 nitrogen and oxygen atoms in total. The fraction of sp³-hybridized carbons (Fsp3) is 0.294. The molecular weight excluding hydrogens is 382 g/mol. The highest BCUT2D eigenvalue weighted by atomic mass is 16.6. The van der Waals surface area contributed by atoms with Crippen LogP contribution in [0.25, 0.3) is 0 Å². The van der Waals surface area contributed by atoms with Gasteiger partial charge in [0.05, 0.1) is 23.4 Å². The Morgan fingerprint density at radius 1 is 1.31 bits per heavy atom. The highest BCUT2D eigenvalue weighted by Gasteiger charge is 2.24. The number of aryl methyl sites for hydroxylation is 2. The number of amides is 2. The van der Waals surface area contributed by atoms with Crippen molar-refractivity contribution in [3.8, 4) is 0 Å². The number of nitro groups is 1. The van der Waals surface area contributed by atoms with Crippen LogP contribution in [-0.4, -0.2) is 36.3 Å². The van der Waals surface area contributed by atoms with Crippen molar-refractivity contribution in [1.82, 2.24) is 24.9 Å². The average Bonchev–Trinajstić information content (AvgIpc) is 3.33. The molecule has 3 aromatic rings. The lowest BCUT2D eigenvalue weighted by Gasteiger charge is -2.07. The fourth-order valence-corrected chi connectivity index (χ4v) is 2.84. The monoisotopic (exact) mass is 401 g/mol. The van der Waals surface area contributed by atoms with E-state index in [-0.39, 0.29) is 41.5 Å². The second kappa shape index (κ2) is 7.96. The van der Waals surface area contributed by atoms with Gasteiger partial charge in [0.2, 0.25) is 5.91 Å². The molecule has 0 saturated heterocycles. The Morgan fingerprint density at radius 2 is 2.07 bits per heavy atom. The lowest BCUT2D eigenvalue weighted by atomic mass is 10.3. The topological polar surface area (TPSA) is 150 Å². The zero-order valence-corrected chi connectivity index (χ0v) is 16.0. The van der Waals surface area contributed by atoms with E-state index >= 15 is 0 Å². The van der Waals surface area contributed by atoms with Crippen LogP contribution in [0.1, 0.15) is 27.6 Å². The number of rotatable bonds is 7. The Balaban J connectivity index is 1.70. The van der Waals surface area contributed by atoms with Crippen LogP contribution in [0.2, 0.25) is 0 Å². The maximum atomic E-state index is 12.4. The van der Waals surface area contributed by atoms with Gasteiger partial charge in [-0.1, -0.05) is 0 Å². The minimum absolute atomic E-state index is 0.0340. The van der Waals surface area contributed by atoms with Crippen molar-refractivity contribution in [3.05, 3.63) is 57.5 Å². The van der Waals surface area contributed by atoms with E-state index in [4.69, 9.17) is 4.42 Å². The highest BCUT2D eigenvalue weighted by molar-refractivity contribution is 6.02. The summed E-state index contributed by atoms with van der Waals surface area (Å²) in [4.78, 5) is 35.4. The Labute approximate surface area is 164 Å². The van der Waals surface area contributed by atoms with Gasteiger partial charge in [-0.05, 0) is 26.0 Å². The van der Waals surface area contributed by atoms with Crippen molar-refractivity contribution in [3.63, 3.8) is 0 Å². The summed E-state index contributed by atoms with van der Waals surface area (Å²) >= 11 is 0. The van der Waals surface area contributed by atoms with Crippen LogP contribution >= 0.6 is 0 Å². The molecule has 0 unspecified atom stereocenters. The molecule has 0 saturated carbocycles. The molecule has 0 aliphatic heterocycles. The predicted molar refractivity (Wildman–Crippen MR) is 100 cm³/mol. The van der Waals surface area contributed by atoms with Gasteiger partial charge in [-0.25, -0.2) is 0 Å². The lowest BCUT2D eigenvalue weighted by Crippen LogP contribution is -2.26. The van der Waals surface area contributed by atoms with Gasteiger partial charge in [0.15, 0.2) is 5.69 Å². The zero-order chi connectivity index (χ0) is 21.1. The molecule has 0 spiro atoms. The molecule has 0 radical (unpaired) electrons. The summed E-state index contributed by atoms with van der Waals surface area (Å²) in [6, 6.07) is 3.42. The summed E-state index contributed by atoms with van der Waals surface area (Å²) < 4.78 is 7.80. The summed E-state index contributed by atoms with van der Waals surface area (Å²) in [5.74, 6) is -0.413. The molecule has 0 atom stereocenters. The molecule has 0 aliphatic rings. The van der Waals surface area contributed by atoms with Gasteiger partial charge in [0, 0.05) is 13.2 Å². The number of hydrogen-bond acceptors (Lipinski definition) is 7. The zero-order valence-electron chi connectivity index (χ0n) is 16.0. The molecule has 29 heavy (non-hydrogen) atoms. The Morgan fingerprint density at radius 3 is 2.69 bits per heavy atom. The lowest BCUT2D eigenvalue weighted by molar-refractivity contribution is -0.386. The molecule has 2 amide bonds. The fourth-order valence-electron chi connectivity index (χ4n) is 2.84. The standard InChI is InChI=1S/C17H19N7O5/c1-10-16(24(27)28)11(2)23(20-10)9-14(25)19-13-8-22(3)21-15(13)17(26)18-7-12-5-4-6-29-12/h4-6,8H,7,9H2,1-3H3,(H,18,26)(H,19,25). The Bertz CT molecular complexity index is 1060. The van der Waals surface area contributed by atoms with Crippen LogP contribution in [0.4, 0.5) is 11.4 Å². The van der Waals surface area contributed by atoms with Crippen molar-refractivity contribution in [2.75, 3.05) is 5.32 Å². The number of nitrogens with one attached hydrogen (secondary N) is 2. The summed E-state index contributed by atoms with van der Waals surface area (Å²) in [6.07, 6.45) is 2.99. The van der Waals surface area contributed by atoms with Gasteiger partial charge in [0.25, 0.3) is 5.91 Å². The number of carbonyl (C=O) groups is 2. The van der Waals surface area contributed by atoms with Crippen LogP contribution in [0.3, 0.4) is 0 Å². The van der Waals surface area contributed by atoms with E-state index in [0.29, 0.717) is 5.76 Å². The van der Waals surface area contributed by atoms with E-state index in [1.54, 1.807) is 19.2 Å². The van der Waals surface area contributed by atoms with E-state index < -0.39 is 16.7 Å². The predicted octanol–water partition coefficient (Wildman–Crippen LogP) is 1.30. The molecule has 3 heterocycles. The van der Waals surface area contributed by atoms with Gasteiger partial charge < -0.3 is 15.1 Å². The first-order valence-electron chi connectivity index (χ1n) is 8.58. The normalized spacial score (nSPS) is 10.7. The minimum atomic E-state index is -0.533. The second-order valence-electron chi connectivity index (χ2n) is 6.31. The van der Waals surface area contributed by atoms with Crippen molar-refractivity contribution < 1.29 is 18.9 Å². The maximum Gasteiger partial charge on any atom is 0.312 e. The van der Waals surface area contributed by atoms with Gasteiger partial charge in [-0.15, -0.1) is 0 Å². The van der Waals surface area contributed by atoms with E-state index in [0.717, 1.165) is 0 Å². The quantitative estimate of drug-likeness (QED) is 0.447. The van der Waals surface area contributed by atoms with E-state index in [2.05, 4.69) is 20.8 Å². The van der Waals surface area contributed by atoms with Crippen molar-refractivity contribution in [2.24, 2.45) is 7.05 Å². The van der Waals surface area contributed by atoms with Crippen molar-refractivity contribution >= 4 is 23.2 Å². The van der Waals surface area contributed by atoms with Crippen LogP contribution in [0.5, 0.6) is 0 Å². The van der Waals surface area contributed by atoms with Crippen LogP contribution < -0.4 is 10.6 Å². The third-order valence-corrected chi connectivity index (χ3v) is 4.14. The molecule has 12 heteroatoms. The van der Waals surface area contributed by atoms with Gasteiger partial charge in [-0.3, -0.25) is 29.1 Å². The average molecular weight is 401 g/mol. The summed E-state index contributed by atoms with van der Waals surface area (Å²) in [5.41, 5.74) is 0.610. The molecular formula is C17H19N7O5. The first-order valence-corrected chi connectivity index (χ1v) is 8.58. The maximum absolute atomic E-state index is 12.4. The molecule has 152 valence electrons. The Hall–Kier alpha value is -3.96. The van der Waals surface area contributed by atoms with Gasteiger partial charge in [-0.2, -0.15) is 10.2 Å². The number of carbonyl (C=O) groups excluding carboxylic acids is 2. The number of aromatic nitrogens is 4. The highest BCUT2D eigenvalue weighted by Crippen LogP contribution is 2.22. The van der Waals surface area contributed by atoms with Gasteiger partial charge >= 0.3 is 5.69 Å².